The maximum atomic E-state index is 14.0. The van der Waals surface area contributed by atoms with Crippen molar-refractivity contribution < 1.29 is 27.5 Å². The number of hydrogen-bond donors (Lipinski definition) is 2. The highest BCUT2D eigenvalue weighted by atomic mass is 35.5. The third-order valence-electron chi connectivity index (χ3n) is 8.01. The SMILES string of the molecule is COc1ccc(N2C/C=C/CC3(CCNCC3)C(=O)N3CCOC(CNC(=O)c4cc(ccc4Cl)S2(=O)=O)C3)cc1. The summed E-state index contributed by atoms with van der Waals surface area (Å²) in [7, 11) is -2.57. The summed E-state index contributed by atoms with van der Waals surface area (Å²) in [6, 6.07) is 10.8. The van der Waals surface area contributed by atoms with E-state index in [2.05, 4.69) is 10.6 Å². The molecule has 2 saturated heterocycles. The Morgan fingerprint density at radius 1 is 1.07 bits per heavy atom. The van der Waals surface area contributed by atoms with Crippen LogP contribution in [0.1, 0.15) is 29.6 Å². The van der Waals surface area contributed by atoms with Gasteiger partial charge in [-0.25, -0.2) is 8.42 Å². The first-order valence-corrected chi connectivity index (χ1v) is 15.6. The number of benzene rings is 2. The molecule has 0 radical (unpaired) electrons. The zero-order valence-electron chi connectivity index (χ0n) is 23.0. The Morgan fingerprint density at radius 2 is 1.83 bits per heavy atom. The van der Waals surface area contributed by atoms with E-state index in [4.69, 9.17) is 21.1 Å². The zero-order chi connectivity index (χ0) is 29.0. The van der Waals surface area contributed by atoms with Crippen molar-refractivity contribution in [2.24, 2.45) is 5.41 Å². The molecule has 1 atom stereocenters. The maximum Gasteiger partial charge on any atom is 0.264 e. The number of fused-ring (bicyclic) bond motifs is 4. The first kappa shape index (κ1) is 29.4. The van der Waals surface area contributed by atoms with E-state index in [1.165, 1.54) is 29.6 Å². The molecule has 0 aliphatic carbocycles. The Kier molecular flexibility index (Phi) is 8.88. The quantitative estimate of drug-likeness (QED) is 0.508. The predicted octanol–water partition coefficient (Wildman–Crippen LogP) is 2.83. The summed E-state index contributed by atoms with van der Waals surface area (Å²) >= 11 is 6.35. The van der Waals surface area contributed by atoms with Gasteiger partial charge in [-0.15, -0.1) is 0 Å². The summed E-state index contributed by atoms with van der Waals surface area (Å²) in [5.41, 5.74) is -0.121. The molecule has 2 aromatic carbocycles. The van der Waals surface area contributed by atoms with Gasteiger partial charge < -0.3 is 25.0 Å². The Balaban J connectivity index is 1.56. The fourth-order valence-electron chi connectivity index (χ4n) is 5.61. The van der Waals surface area contributed by atoms with E-state index in [1.54, 1.807) is 30.3 Å². The van der Waals surface area contributed by atoms with Crippen molar-refractivity contribution >= 4 is 39.1 Å². The minimum absolute atomic E-state index is 0.0287. The number of carbonyl (C=O) groups is 2. The molecule has 4 bridgehead atoms. The third kappa shape index (κ3) is 6.23. The molecule has 0 saturated carbocycles. The Hall–Kier alpha value is -3.12. The minimum atomic E-state index is -4.11. The lowest BCUT2D eigenvalue weighted by atomic mass is 9.74. The second-order valence-corrected chi connectivity index (χ2v) is 12.8. The summed E-state index contributed by atoms with van der Waals surface area (Å²) in [5.74, 6) is 0.143. The first-order valence-electron chi connectivity index (χ1n) is 13.7. The monoisotopic (exact) mass is 602 g/mol. The topological polar surface area (TPSA) is 117 Å². The number of nitrogens with one attached hydrogen (secondary N) is 2. The van der Waals surface area contributed by atoms with Gasteiger partial charge in [0, 0.05) is 19.6 Å². The van der Waals surface area contributed by atoms with Gasteiger partial charge in [0.05, 0.1) is 52.9 Å². The molecule has 220 valence electrons. The van der Waals surface area contributed by atoms with Crippen molar-refractivity contribution in [1.29, 1.82) is 0 Å². The van der Waals surface area contributed by atoms with E-state index < -0.39 is 27.4 Å². The Bertz CT molecular complexity index is 1410. The second kappa shape index (κ2) is 12.4. The van der Waals surface area contributed by atoms with Crippen LogP contribution in [-0.2, 0) is 19.6 Å². The van der Waals surface area contributed by atoms with Gasteiger partial charge in [-0.2, -0.15) is 0 Å². The summed E-state index contributed by atoms with van der Waals surface area (Å²) in [4.78, 5) is 28.9. The van der Waals surface area contributed by atoms with Crippen LogP contribution in [0.2, 0.25) is 5.02 Å². The average molecular weight is 603 g/mol. The van der Waals surface area contributed by atoms with Crippen LogP contribution in [0, 0.1) is 5.41 Å². The van der Waals surface area contributed by atoms with Crippen LogP contribution in [-0.4, -0.2) is 84.2 Å². The number of ether oxygens (including phenoxy) is 2. The van der Waals surface area contributed by atoms with E-state index in [0.29, 0.717) is 50.4 Å². The number of morpholine rings is 1. The van der Waals surface area contributed by atoms with E-state index in [1.807, 2.05) is 11.0 Å². The number of carbonyl (C=O) groups excluding carboxylic acids is 2. The highest BCUT2D eigenvalue weighted by molar-refractivity contribution is 7.92. The molecule has 2 aromatic rings. The first-order chi connectivity index (χ1) is 19.7. The van der Waals surface area contributed by atoms with E-state index in [9.17, 15) is 18.0 Å². The smallest absolute Gasteiger partial charge is 0.264 e. The molecule has 10 nitrogen and oxygen atoms in total. The summed E-state index contributed by atoms with van der Waals surface area (Å²) < 4.78 is 40.4. The minimum Gasteiger partial charge on any atom is -0.497 e. The zero-order valence-corrected chi connectivity index (χ0v) is 24.5. The molecule has 12 heteroatoms. The molecule has 1 unspecified atom stereocenters. The van der Waals surface area contributed by atoms with Crippen molar-refractivity contribution in [3.05, 3.63) is 65.2 Å². The molecule has 3 heterocycles. The van der Waals surface area contributed by atoms with Crippen LogP contribution in [0.4, 0.5) is 5.69 Å². The van der Waals surface area contributed by atoms with Crippen LogP contribution < -0.4 is 19.7 Å². The number of amides is 2. The van der Waals surface area contributed by atoms with E-state index in [0.717, 1.165) is 13.1 Å². The normalized spacial score (nSPS) is 23.9. The summed E-state index contributed by atoms with van der Waals surface area (Å²) in [6.45, 7) is 2.87. The van der Waals surface area contributed by atoms with Crippen molar-refractivity contribution in [2.45, 2.75) is 30.3 Å². The van der Waals surface area contributed by atoms with Gasteiger partial charge in [-0.1, -0.05) is 23.8 Å². The lowest BCUT2D eigenvalue weighted by Crippen LogP contribution is -2.55. The van der Waals surface area contributed by atoms with Gasteiger partial charge in [-0.3, -0.25) is 13.9 Å². The number of halogens is 1. The third-order valence-corrected chi connectivity index (χ3v) is 10.1. The number of methoxy groups -OCH3 is 1. The molecular formula is C29H35ClN4O6S. The maximum absolute atomic E-state index is 14.0. The molecule has 3 aliphatic rings. The highest BCUT2D eigenvalue weighted by Gasteiger charge is 2.42. The van der Waals surface area contributed by atoms with Crippen LogP contribution >= 0.6 is 11.6 Å². The van der Waals surface area contributed by atoms with Gasteiger partial charge in [0.15, 0.2) is 0 Å². The number of piperidine rings is 1. The van der Waals surface area contributed by atoms with Crippen LogP contribution in [0.15, 0.2) is 59.5 Å². The number of rotatable bonds is 2. The lowest BCUT2D eigenvalue weighted by molar-refractivity contribution is -0.151. The van der Waals surface area contributed by atoms with E-state index >= 15 is 0 Å². The Labute approximate surface area is 245 Å². The van der Waals surface area contributed by atoms with Gasteiger partial charge in [-0.05, 0) is 74.8 Å². The largest absolute Gasteiger partial charge is 0.497 e. The van der Waals surface area contributed by atoms with Gasteiger partial charge in [0.2, 0.25) is 5.91 Å². The number of sulfonamides is 1. The highest BCUT2D eigenvalue weighted by Crippen LogP contribution is 2.36. The summed E-state index contributed by atoms with van der Waals surface area (Å²) in [5, 5.41) is 6.29. The van der Waals surface area contributed by atoms with Gasteiger partial charge >= 0.3 is 0 Å². The number of nitrogens with zero attached hydrogens (tertiary/aromatic N) is 2. The van der Waals surface area contributed by atoms with Crippen LogP contribution in [0.25, 0.3) is 0 Å². The molecule has 41 heavy (non-hydrogen) atoms. The van der Waals surface area contributed by atoms with Gasteiger partial charge in [0.25, 0.3) is 15.9 Å². The molecule has 3 aliphatic heterocycles. The second-order valence-electron chi connectivity index (χ2n) is 10.5. The lowest BCUT2D eigenvalue weighted by Gasteiger charge is -2.42. The predicted molar refractivity (Wildman–Crippen MR) is 156 cm³/mol. The summed E-state index contributed by atoms with van der Waals surface area (Å²) in [6.07, 6.45) is 5.18. The number of allylic oxidation sites excluding steroid dienone is 1. The van der Waals surface area contributed by atoms with Crippen molar-refractivity contribution in [2.75, 3.05) is 57.3 Å². The van der Waals surface area contributed by atoms with Crippen molar-refractivity contribution in [3.8, 4) is 5.75 Å². The van der Waals surface area contributed by atoms with E-state index in [-0.39, 0.29) is 34.5 Å². The van der Waals surface area contributed by atoms with Crippen molar-refractivity contribution in [3.63, 3.8) is 0 Å². The van der Waals surface area contributed by atoms with Crippen molar-refractivity contribution in [1.82, 2.24) is 15.5 Å². The molecular weight excluding hydrogens is 568 g/mol. The van der Waals surface area contributed by atoms with Crippen LogP contribution in [0.3, 0.4) is 0 Å². The molecule has 0 aromatic heterocycles. The van der Waals surface area contributed by atoms with Crippen LogP contribution in [0.5, 0.6) is 5.75 Å². The Morgan fingerprint density at radius 3 is 2.56 bits per heavy atom. The molecule has 2 amide bonds. The molecule has 1 spiro atoms. The number of anilines is 1. The average Bonchev–Trinajstić information content (AvgIpc) is 3.00. The molecule has 2 N–H and O–H groups in total. The molecule has 2 fully saturated rings. The fourth-order valence-corrected chi connectivity index (χ4v) is 7.26. The molecule has 5 rings (SSSR count). The number of hydrogen-bond acceptors (Lipinski definition) is 7. The standard InChI is InChI=1S/C29H35ClN4O6S/c1-39-22-6-4-21(5-7-22)34-15-3-2-10-29(11-13-31-14-12-29)28(36)33-16-17-40-23(20-33)19-32-27(35)25-18-24(41(34,37)38)8-9-26(25)30/h2-9,18,23,31H,10-17,19-20H2,1H3,(H,32,35)/b3-2+. The fraction of sp³-hybridized carbons (Fsp3) is 0.448. The van der Waals surface area contributed by atoms with Gasteiger partial charge in [0.1, 0.15) is 5.75 Å².